The fraction of sp³-hybridized carbons (Fsp3) is 0.462. The van der Waals surface area contributed by atoms with Crippen LogP contribution < -0.4 is 10.4 Å². The van der Waals surface area contributed by atoms with Gasteiger partial charge in [0.1, 0.15) is 0 Å². The highest BCUT2D eigenvalue weighted by Crippen LogP contribution is 2.26. The van der Waals surface area contributed by atoms with E-state index in [9.17, 15) is 0 Å². The molecule has 0 N–H and O–H groups in total. The molecule has 164 valence electrons. The van der Waals surface area contributed by atoms with Gasteiger partial charge in [-0.15, -0.1) is 10.2 Å². The van der Waals surface area contributed by atoms with E-state index < -0.39 is 17.6 Å². The molecule has 0 amide bonds. The molecule has 3 nitrogen and oxygen atoms in total. The fourth-order valence-corrected chi connectivity index (χ4v) is 11.2. The molecule has 0 saturated heterocycles. The van der Waals surface area contributed by atoms with Gasteiger partial charge in [-0.05, 0) is 46.4 Å². The minimum atomic E-state index is -0.579. The van der Waals surface area contributed by atoms with E-state index in [1.165, 1.54) is 10.4 Å². The van der Waals surface area contributed by atoms with Crippen molar-refractivity contribution >= 4 is 28.0 Å². The summed E-state index contributed by atoms with van der Waals surface area (Å²) in [4.78, 5) is 0. The summed E-state index contributed by atoms with van der Waals surface area (Å²) in [5, 5.41) is 11.6. The zero-order valence-corrected chi connectivity index (χ0v) is 22.2. The third kappa shape index (κ3) is 5.44. The second kappa shape index (κ2) is 10.1. The number of hydrogen-bond donors (Lipinski definition) is 0. The monoisotopic (exact) mass is 448 g/mol. The van der Waals surface area contributed by atoms with Gasteiger partial charge in [-0.2, -0.15) is 0 Å². The summed E-state index contributed by atoms with van der Waals surface area (Å²) in [6.45, 7) is 18.7. The summed E-state index contributed by atoms with van der Waals surface area (Å²) in [6.07, 6.45) is 0. The number of aromatic nitrogens is 2. The van der Waals surface area contributed by atoms with Crippen LogP contribution >= 0.6 is 0 Å². The molecule has 0 fully saturated rings. The van der Waals surface area contributed by atoms with Gasteiger partial charge in [0.25, 0.3) is 0 Å². The first-order valence-corrected chi connectivity index (χ1v) is 14.8. The normalized spacial score (nSPS) is 12.3. The molecule has 0 spiro atoms. The zero-order valence-electron chi connectivity index (χ0n) is 20.2. The summed E-state index contributed by atoms with van der Waals surface area (Å²) in [7, 11) is -1.16. The molecule has 2 radical (unpaired) electrons. The van der Waals surface area contributed by atoms with Gasteiger partial charge < -0.3 is 4.42 Å². The van der Waals surface area contributed by atoms with Crippen molar-refractivity contribution in [2.45, 2.75) is 77.6 Å². The summed E-state index contributed by atoms with van der Waals surface area (Å²) >= 11 is 0. The van der Waals surface area contributed by atoms with Crippen LogP contribution in [0.5, 0.6) is 0 Å². The van der Waals surface area contributed by atoms with Crippen LogP contribution in [0.15, 0.2) is 52.9 Å². The molecule has 5 heteroatoms. The van der Waals surface area contributed by atoms with Gasteiger partial charge in [0.15, 0.2) is 0 Å². The molecule has 2 aromatic carbocycles. The predicted octanol–water partition coefficient (Wildman–Crippen LogP) is 6.45. The first-order valence-electron chi connectivity index (χ1n) is 11.5. The highest BCUT2D eigenvalue weighted by molar-refractivity contribution is 6.76. The van der Waals surface area contributed by atoms with Gasteiger partial charge in [0, 0.05) is 11.1 Å². The van der Waals surface area contributed by atoms with Gasteiger partial charge >= 0.3 is 0 Å². The summed E-state index contributed by atoms with van der Waals surface area (Å²) < 4.78 is 6.04. The lowest BCUT2D eigenvalue weighted by Gasteiger charge is -2.23. The fourth-order valence-electron chi connectivity index (χ4n) is 4.73. The maximum atomic E-state index is 6.04. The topological polar surface area (TPSA) is 38.9 Å². The van der Waals surface area contributed by atoms with Gasteiger partial charge in [0.05, 0.1) is 17.6 Å². The van der Waals surface area contributed by atoms with Gasteiger partial charge in [-0.3, -0.25) is 0 Å². The van der Waals surface area contributed by atoms with E-state index >= 15 is 0 Å². The Morgan fingerprint density at radius 3 is 1.06 bits per heavy atom. The Kier molecular flexibility index (Phi) is 7.70. The smallest absolute Gasteiger partial charge is 0.248 e. The maximum absolute atomic E-state index is 6.04. The first-order chi connectivity index (χ1) is 14.7. The average Bonchev–Trinajstić information content (AvgIpc) is 3.18. The van der Waals surface area contributed by atoms with Crippen LogP contribution in [0, 0.1) is 0 Å². The standard InChI is InChI=1S/C26H36N2OSi2/c1-17(2)30(18(3)4)23-13-9-21(10-14-23)25-27-28-26(29-25)22-11-15-24(16-12-22)31(19(5)6)20(7)8/h9-20H,1-8H3. The summed E-state index contributed by atoms with van der Waals surface area (Å²) in [5.74, 6) is 1.17. The van der Waals surface area contributed by atoms with Crippen molar-refractivity contribution in [1.29, 1.82) is 0 Å². The Labute approximate surface area is 191 Å². The molecule has 0 bridgehead atoms. The summed E-state index contributed by atoms with van der Waals surface area (Å²) in [6, 6.07) is 17.5. The highest BCUT2D eigenvalue weighted by atomic mass is 28.3. The zero-order chi connectivity index (χ0) is 22.7. The van der Waals surface area contributed by atoms with Crippen LogP contribution in [-0.4, -0.2) is 27.8 Å². The number of hydrogen-bond acceptors (Lipinski definition) is 3. The van der Waals surface area contributed by atoms with Crippen molar-refractivity contribution in [1.82, 2.24) is 10.2 Å². The van der Waals surface area contributed by atoms with Crippen molar-refractivity contribution in [3.63, 3.8) is 0 Å². The van der Waals surface area contributed by atoms with Gasteiger partial charge in [-0.1, -0.05) is 90.0 Å². The molecule has 0 aliphatic rings. The van der Waals surface area contributed by atoms with Crippen LogP contribution in [0.3, 0.4) is 0 Å². The van der Waals surface area contributed by atoms with Crippen LogP contribution in [0.1, 0.15) is 55.4 Å². The molecule has 0 aliphatic carbocycles. The SMILES string of the molecule is CC(C)[Si](c1ccc(-c2nnc(-c3ccc([Si](C(C)C)C(C)C)cc3)o2)cc1)C(C)C. The molecule has 1 aromatic heterocycles. The Balaban J connectivity index is 1.80. The lowest BCUT2D eigenvalue weighted by atomic mass is 10.2. The second-order valence-electron chi connectivity index (χ2n) is 9.60. The van der Waals surface area contributed by atoms with E-state index in [-0.39, 0.29) is 0 Å². The van der Waals surface area contributed by atoms with Crippen molar-refractivity contribution in [2.75, 3.05) is 0 Å². The molecular weight excluding hydrogens is 412 g/mol. The molecule has 0 aliphatic heterocycles. The molecule has 1 heterocycles. The van der Waals surface area contributed by atoms with Crippen molar-refractivity contribution in [2.24, 2.45) is 0 Å². The molecule has 31 heavy (non-hydrogen) atoms. The highest BCUT2D eigenvalue weighted by Gasteiger charge is 2.23. The van der Waals surface area contributed by atoms with E-state index in [2.05, 4.69) is 114 Å². The quantitative estimate of drug-likeness (QED) is 0.372. The maximum Gasteiger partial charge on any atom is 0.248 e. The van der Waals surface area contributed by atoms with Gasteiger partial charge in [0.2, 0.25) is 11.8 Å². The first kappa shape index (κ1) is 23.7. The molecule has 3 aromatic rings. The number of benzene rings is 2. The minimum absolute atomic E-state index is 0.579. The minimum Gasteiger partial charge on any atom is -0.416 e. The van der Waals surface area contributed by atoms with Crippen LogP contribution in [-0.2, 0) is 0 Å². The van der Waals surface area contributed by atoms with Crippen LogP contribution in [0.2, 0.25) is 22.2 Å². The van der Waals surface area contributed by atoms with E-state index in [4.69, 9.17) is 4.42 Å². The number of rotatable bonds is 8. The van der Waals surface area contributed by atoms with Crippen LogP contribution in [0.25, 0.3) is 22.9 Å². The molecular formula is C26H36N2OSi2. The van der Waals surface area contributed by atoms with Crippen molar-refractivity contribution in [3.05, 3.63) is 48.5 Å². The largest absolute Gasteiger partial charge is 0.416 e. The lowest BCUT2D eigenvalue weighted by molar-refractivity contribution is 0.584. The molecule has 0 saturated carbocycles. The Bertz CT molecular complexity index is 866. The van der Waals surface area contributed by atoms with E-state index in [0.717, 1.165) is 11.1 Å². The molecule has 0 unspecified atom stereocenters. The van der Waals surface area contributed by atoms with Gasteiger partial charge in [-0.25, -0.2) is 0 Å². The van der Waals surface area contributed by atoms with E-state index in [0.29, 0.717) is 33.9 Å². The Morgan fingerprint density at radius 2 is 0.806 bits per heavy atom. The Morgan fingerprint density at radius 1 is 0.516 bits per heavy atom. The molecule has 3 rings (SSSR count). The second-order valence-corrected chi connectivity index (χ2v) is 17.2. The third-order valence-corrected chi connectivity index (χ3v) is 12.8. The van der Waals surface area contributed by atoms with E-state index in [1.807, 2.05) is 0 Å². The van der Waals surface area contributed by atoms with Crippen LogP contribution in [0.4, 0.5) is 0 Å². The Hall–Kier alpha value is -1.99. The average molecular weight is 449 g/mol. The number of nitrogens with zero attached hydrogens (tertiary/aromatic N) is 2. The van der Waals surface area contributed by atoms with Crippen molar-refractivity contribution < 1.29 is 4.42 Å². The molecule has 0 atom stereocenters. The van der Waals surface area contributed by atoms with E-state index in [1.54, 1.807) is 0 Å². The summed E-state index contributed by atoms with van der Waals surface area (Å²) in [5.41, 5.74) is 4.81. The van der Waals surface area contributed by atoms with Crippen molar-refractivity contribution in [3.8, 4) is 22.9 Å². The third-order valence-electron chi connectivity index (χ3n) is 5.84. The lowest BCUT2D eigenvalue weighted by Crippen LogP contribution is -2.35. The predicted molar refractivity (Wildman–Crippen MR) is 136 cm³/mol.